The topological polar surface area (TPSA) is 113 Å². The zero-order chi connectivity index (χ0) is 27.4. The molecule has 0 spiro atoms. The lowest BCUT2D eigenvalue weighted by molar-refractivity contribution is -0.153. The number of aromatic nitrogens is 1. The number of hydrogen-bond donors (Lipinski definition) is 2. The van der Waals surface area contributed by atoms with E-state index in [0.717, 1.165) is 11.6 Å². The first kappa shape index (κ1) is 26.6. The Kier molecular flexibility index (Phi) is 7.65. The fourth-order valence-electron chi connectivity index (χ4n) is 4.17. The van der Waals surface area contributed by atoms with Gasteiger partial charge in [-0.1, -0.05) is 30.3 Å². The molecule has 198 valence electrons. The SMILES string of the molecule is C/C(=C\C(=O)N1CCC(c2ccc(NC(=O)c3nc(-c4ccccc4)oc3C(F)(F)F)cc2)CC1)C(=O)O. The van der Waals surface area contributed by atoms with Crippen LogP contribution in [0.2, 0.25) is 0 Å². The summed E-state index contributed by atoms with van der Waals surface area (Å²) in [7, 11) is 0. The minimum atomic E-state index is -4.91. The maximum absolute atomic E-state index is 13.5. The number of oxazole rings is 1. The molecule has 0 saturated carbocycles. The molecule has 0 atom stereocenters. The molecule has 1 aliphatic rings. The number of benzene rings is 2. The van der Waals surface area contributed by atoms with Gasteiger partial charge in [-0.15, -0.1) is 0 Å². The molecule has 1 aliphatic heterocycles. The first-order valence-electron chi connectivity index (χ1n) is 11.8. The molecule has 1 fully saturated rings. The van der Waals surface area contributed by atoms with E-state index in [9.17, 15) is 27.6 Å². The maximum Gasteiger partial charge on any atom is 0.452 e. The van der Waals surface area contributed by atoms with E-state index in [-0.39, 0.29) is 29.0 Å². The number of alkyl halides is 3. The summed E-state index contributed by atoms with van der Waals surface area (Å²) in [6.07, 6.45) is -2.47. The van der Waals surface area contributed by atoms with Crippen LogP contribution in [0.5, 0.6) is 0 Å². The third kappa shape index (κ3) is 6.10. The van der Waals surface area contributed by atoms with Crippen molar-refractivity contribution < 1.29 is 37.1 Å². The van der Waals surface area contributed by atoms with Gasteiger partial charge in [-0.2, -0.15) is 13.2 Å². The minimum Gasteiger partial charge on any atom is -0.478 e. The lowest BCUT2D eigenvalue weighted by atomic mass is 9.89. The average Bonchev–Trinajstić information content (AvgIpc) is 3.36. The second kappa shape index (κ2) is 10.9. The molecule has 3 aromatic rings. The van der Waals surface area contributed by atoms with Gasteiger partial charge in [0.05, 0.1) is 0 Å². The Bertz CT molecular complexity index is 1360. The third-order valence-electron chi connectivity index (χ3n) is 6.24. The van der Waals surface area contributed by atoms with Crippen LogP contribution in [0.25, 0.3) is 11.5 Å². The van der Waals surface area contributed by atoms with Crippen molar-refractivity contribution in [3.05, 3.63) is 83.3 Å². The van der Waals surface area contributed by atoms with Gasteiger partial charge in [0.2, 0.25) is 17.6 Å². The first-order chi connectivity index (χ1) is 18.0. The molecule has 11 heteroatoms. The minimum absolute atomic E-state index is 0.0287. The van der Waals surface area contributed by atoms with E-state index in [1.54, 1.807) is 47.4 Å². The highest BCUT2D eigenvalue weighted by atomic mass is 19.4. The largest absolute Gasteiger partial charge is 0.478 e. The molecule has 38 heavy (non-hydrogen) atoms. The molecule has 0 aliphatic carbocycles. The summed E-state index contributed by atoms with van der Waals surface area (Å²) in [5.41, 5.74) is 0.667. The first-order valence-corrected chi connectivity index (χ1v) is 11.8. The summed E-state index contributed by atoms with van der Waals surface area (Å²) >= 11 is 0. The number of rotatable bonds is 6. The number of carboxylic acids is 1. The van der Waals surface area contributed by atoms with Crippen LogP contribution in [0, 0.1) is 0 Å². The monoisotopic (exact) mass is 527 g/mol. The number of nitrogens with one attached hydrogen (secondary N) is 1. The number of carboxylic acid groups (broad SMARTS) is 1. The summed E-state index contributed by atoms with van der Waals surface area (Å²) in [4.78, 5) is 41.3. The Labute approximate surface area is 215 Å². The van der Waals surface area contributed by atoms with E-state index in [1.165, 1.54) is 19.1 Å². The number of amides is 2. The molecule has 0 unspecified atom stereocenters. The summed E-state index contributed by atoms with van der Waals surface area (Å²) < 4.78 is 45.6. The molecule has 2 amide bonds. The highest BCUT2D eigenvalue weighted by molar-refractivity contribution is 6.04. The zero-order valence-corrected chi connectivity index (χ0v) is 20.3. The second-order valence-electron chi connectivity index (χ2n) is 8.87. The second-order valence-corrected chi connectivity index (χ2v) is 8.87. The Hall–Kier alpha value is -4.41. The van der Waals surface area contributed by atoms with Crippen molar-refractivity contribution in [3.8, 4) is 11.5 Å². The Morgan fingerprint density at radius 3 is 2.26 bits per heavy atom. The molecule has 8 nitrogen and oxygen atoms in total. The Morgan fingerprint density at radius 1 is 1.05 bits per heavy atom. The fraction of sp³-hybridized carbons (Fsp3) is 0.259. The van der Waals surface area contributed by atoms with Crippen LogP contribution < -0.4 is 5.32 Å². The number of carbonyl (C=O) groups is 3. The summed E-state index contributed by atoms with van der Waals surface area (Å²) in [5.74, 6) is -4.18. The van der Waals surface area contributed by atoms with Crippen molar-refractivity contribution in [1.82, 2.24) is 9.88 Å². The molecule has 2 heterocycles. The van der Waals surface area contributed by atoms with E-state index in [0.29, 0.717) is 31.5 Å². The lowest BCUT2D eigenvalue weighted by Crippen LogP contribution is -2.37. The van der Waals surface area contributed by atoms with Gasteiger partial charge in [0.25, 0.3) is 5.91 Å². The van der Waals surface area contributed by atoms with Crippen molar-refractivity contribution in [1.29, 1.82) is 0 Å². The summed E-state index contributed by atoms with van der Waals surface area (Å²) in [6.45, 7) is 2.28. The standard InChI is InChI=1S/C27H24F3N3O5/c1-16(26(36)37)15-21(34)33-13-11-18(12-14-33)17-7-9-20(10-8-17)31-24(35)22-23(27(28,29)30)38-25(32-22)19-5-3-2-4-6-19/h2-10,15,18H,11-14H2,1H3,(H,31,35)(H,36,37)/b16-15+. The molecular formula is C27H24F3N3O5. The van der Waals surface area contributed by atoms with Crippen LogP contribution in [0.4, 0.5) is 18.9 Å². The van der Waals surface area contributed by atoms with Gasteiger partial charge in [0.1, 0.15) is 0 Å². The van der Waals surface area contributed by atoms with Gasteiger partial charge in [-0.3, -0.25) is 9.59 Å². The van der Waals surface area contributed by atoms with Crippen molar-refractivity contribution in [2.24, 2.45) is 0 Å². The van der Waals surface area contributed by atoms with Crippen molar-refractivity contribution in [3.63, 3.8) is 0 Å². The van der Waals surface area contributed by atoms with Crippen molar-refractivity contribution in [2.75, 3.05) is 18.4 Å². The summed E-state index contributed by atoms with van der Waals surface area (Å²) in [5, 5.41) is 11.4. The van der Waals surface area contributed by atoms with Crippen LogP contribution >= 0.6 is 0 Å². The van der Waals surface area contributed by atoms with Gasteiger partial charge < -0.3 is 19.7 Å². The number of halogens is 3. The fourth-order valence-corrected chi connectivity index (χ4v) is 4.17. The van der Waals surface area contributed by atoms with Crippen LogP contribution in [0.3, 0.4) is 0 Å². The van der Waals surface area contributed by atoms with Gasteiger partial charge in [-0.25, -0.2) is 9.78 Å². The average molecular weight is 527 g/mol. The predicted octanol–water partition coefficient (Wildman–Crippen LogP) is 5.35. The molecule has 0 bridgehead atoms. The number of nitrogens with zero attached hydrogens (tertiary/aromatic N) is 2. The third-order valence-corrected chi connectivity index (χ3v) is 6.24. The van der Waals surface area contributed by atoms with Gasteiger partial charge in [-0.05, 0) is 55.5 Å². The lowest BCUT2D eigenvalue weighted by Gasteiger charge is -2.31. The molecular weight excluding hydrogens is 503 g/mol. The number of likely N-dealkylation sites (tertiary alicyclic amines) is 1. The van der Waals surface area contributed by atoms with Crippen LogP contribution in [-0.2, 0) is 15.8 Å². The quantitative estimate of drug-likeness (QED) is 0.418. The molecule has 4 rings (SSSR count). The van der Waals surface area contributed by atoms with Crippen molar-refractivity contribution >= 4 is 23.5 Å². The van der Waals surface area contributed by atoms with E-state index < -0.39 is 29.5 Å². The van der Waals surface area contributed by atoms with Gasteiger partial charge >= 0.3 is 12.1 Å². The van der Waals surface area contributed by atoms with Gasteiger partial charge in [0.15, 0.2) is 5.69 Å². The highest BCUT2D eigenvalue weighted by Crippen LogP contribution is 2.36. The van der Waals surface area contributed by atoms with E-state index in [1.807, 2.05) is 0 Å². The number of piperidine rings is 1. The number of aliphatic carboxylic acids is 1. The van der Waals surface area contributed by atoms with E-state index in [4.69, 9.17) is 9.52 Å². The predicted molar refractivity (Wildman–Crippen MR) is 131 cm³/mol. The Balaban J connectivity index is 1.42. The van der Waals surface area contributed by atoms with Crippen LogP contribution in [0.15, 0.2) is 70.7 Å². The van der Waals surface area contributed by atoms with Crippen LogP contribution in [-0.4, -0.2) is 45.9 Å². The number of carbonyl (C=O) groups excluding carboxylic acids is 2. The molecule has 2 aromatic carbocycles. The van der Waals surface area contributed by atoms with E-state index >= 15 is 0 Å². The number of anilines is 1. The molecule has 1 aromatic heterocycles. The van der Waals surface area contributed by atoms with Crippen molar-refractivity contribution in [2.45, 2.75) is 31.9 Å². The van der Waals surface area contributed by atoms with Crippen LogP contribution in [0.1, 0.15) is 47.5 Å². The molecule has 0 radical (unpaired) electrons. The Morgan fingerprint density at radius 2 is 1.68 bits per heavy atom. The summed E-state index contributed by atoms with van der Waals surface area (Å²) in [6, 6.07) is 14.7. The molecule has 1 saturated heterocycles. The molecule has 2 N–H and O–H groups in total. The number of hydrogen-bond acceptors (Lipinski definition) is 5. The normalized spacial score (nSPS) is 14.8. The van der Waals surface area contributed by atoms with E-state index in [2.05, 4.69) is 10.3 Å². The maximum atomic E-state index is 13.5. The zero-order valence-electron chi connectivity index (χ0n) is 20.3. The highest BCUT2D eigenvalue weighted by Gasteiger charge is 2.42. The van der Waals surface area contributed by atoms with Gasteiger partial charge in [0, 0.05) is 36.0 Å². The smallest absolute Gasteiger partial charge is 0.452 e.